The largest absolute Gasteiger partial charge is 0.396 e. The summed E-state index contributed by atoms with van der Waals surface area (Å²) in [5.74, 6) is 1.34. The van der Waals surface area contributed by atoms with Gasteiger partial charge >= 0.3 is 0 Å². The molecule has 2 radical (unpaired) electrons. The van der Waals surface area contributed by atoms with Crippen LogP contribution < -0.4 is 0 Å². The Balaban J connectivity index is 2.68. The Hall–Kier alpha value is -0.0400. The van der Waals surface area contributed by atoms with Crippen molar-refractivity contribution >= 4 is 0 Å². The van der Waals surface area contributed by atoms with E-state index in [1.807, 2.05) is 20.3 Å². The molecule has 1 nitrogen and oxygen atoms in total. The van der Waals surface area contributed by atoms with Crippen LogP contribution in [-0.4, -0.2) is 11.7 Å². The highest BCUT2D eigenvalue weighted by Gasteiger charge is 1.90. The second-order valence-electron chi connectivity index (χ2n) is 1.88. The fraction of sp³-hybridized carbons (Fsp3) is 0.667. The fourth-order valence-electron chi connectivity index (χ4n) is 0.353. The van der Waals surface area contributed by atoms with Gasteiger partial charge in [0.15, 0.2) is 0 Å². The Kier molecular flexibility index (Phi) is 4.10. The Labute approximate surface area is 45.4 Å². The van der Waals surface area contributed by atoms with E-state index >= 15 is 0 Å². The van der Waals surface area contributed by atoms with Crippen LogP contribution in [0.2, 0.25) is 0 Å². The fourth-order valence-corrected chi connectivity index (χ4v) is 0.353. The standard InChI is InChI=1S/C6H12O/c1-6(2)4-3-5-7/h3,7H,4-5H2,1-2H3. The summed E-state index contributed by atoms with van der Waals surface area (Å²) < 4.78 is 0. The van der Waals surface area contributed by atoms with Gasteiger partial charge in [-0.15, -0.1) is 0 Å². The van der Waals surface area contributed by atoms with Gasteiger partial charge in [-0.1, -0.05) is 13.8 Å². The number of hydrogen-bond acceptors (Lipinski definition) is 1. The SMILES string of the molecule is C[C](C)C[CH]CO. The van der Waals surface area contributed by atoms with Crippen LogP contribution in [0, 0.1) is 12.3 Å². The summed E-state index contributed by atoms with van der Waals surface area (Å²) in [6.07, 6.45) is 2.78. The molecule has 0 aliphatic heterocycles. The van der Waals surface area contributed by atoms with Crippen LogP contribution >= 0.6 is 0 Å². The summed E-state index contributed by atoms with van der Waals surface area (Å²) in [5, 5.41) is 8.25. The summed E-state index contributed by atoms with van der Waals surface area (Å²) >= 11 is 0. The zero-order valence-electron chi connectivity index (χ0n) is 4.94. The van der Waals surface area contributed by atoms with Crippen LogP contribution in [-0.2, 0) is 0 Å². The molecule has 1 heteroatoms. The van der Waals surface area contributed by atoms with Crippen molar-refractivity contribution in [3.63, 3.8) is 0 Å². The van der Waals surface area contributed by atoms with Crippen molar-refractivity contribution in [3.8, 4) is 0 Å². The summed E-state index contributed by atoms with van der Waals surface area (Å²) in [5.41, 5.74) is 0. The van der Waals surface area contributed by atoms with Crippen molar-refractivity contribution in [2.24, 2.45) is 0 Å². The highest BCUT2D eigenvalue weighted by molar-refractivity contribution is 4.83. The Morgan fingerprint density at radius 1 is 1.57 bits per heavy atom. The maximum absolute atomic E-state index is 8.25. The van der Waals surface area contributed by atoms with Gasteiger partial charge in [0.05, 0.1) is 0 Å². The average molecular weight is 100 g/mol. The molecular weight excluding hydrogens is 88.1 g/mol. The summed E-state index contributed by atoms with van der Waals surface area (Å²) in [6.45, 7) is 4.30. The number of aliphatic hydroxyl groups is 1. The van der Waals surface area contributed by atoms with Crippen LogP contribution in [0.15, 0.2) is 0 Å². The predicted molar refractivity (Wildman–Crippen MR) is 30.6 cm³/mol. The monoisotopic (exact) mass is 100 g/mol. The zero-order chi connectivity index (χ0) is 5.70. The minimum atomic E-state index is 0.200. The van der Waals surface area contributed by atoms with Crippen molar-refractivity contribution in [2.75, 3.05) is 6.61 Å². The quantitative estimate of drug-likeness (QED) is 0.564. The molecule has 42 valence electrons. The molecule has 0 fully saturated rings. The highest BCUT2D eigenvalue weighted by atomic mass is 16.2. The van der Waals surface area contributed by atoms with E-state index in [4.69, 9.17) is 5.11 Å². The lowest BCUT2D eigenvalue weighted by Crippen LogP contribution is -1.88. The minimum Gasteiger partial charge on any atom is -0.396 e. The van der Waals surface area contributed by atoms with Gasteiger partial charge in [-0.2, -0.15) is 0 Å². The van der Waals surface area contributed by atoms with Crippen LogP contribution in [0.5, 0.6) is 0 Å². The molecule has 1 N–H and O–H groups in total. The van der Waals surface area contributed by atoms with Gasteiger partial charge in [-0.3, -0.25) is 0 Å². The van der Waals surface area contributed by atoms with Gasteiger partial charge < -0.3 is 5.11 Å². The van der Waals surface area contributed by atoms with E-state index < -0.39 is 0 Å². The van der Waals surface area contributed by atoms with Gasteiger partial charge in [0.25, 0.3) is 0 Å². The first-order valence-corrected chi connectivity index (χ1v) is 2.49. The van der Waals surface area contributed by atoms with E-state index in [1.54, 1.807) is 0 Å². The molecule has 0 saturated carbocycles. The highest BCUT2D eigenvalue weighted by Crippen LogP contribution is 2.02. The first-order chi connectivity index (χ1) is 3.27. The van der Waals surface area contributed by atoms with E-state index in [2.05, 4.69) is 0 Å². The van der Waals surface area contributed by atoms with Crippen molar-refractivity contribution < 1.29 is 5.11 Å². The van der Waals surface area contributed by atoms with Crippen LogP contribution in [0.25, 0.3) is 0 Å². The number of hydrogen-bond donors (Lipinski definition) is 1. The third-order valence-corrected chi connectivity index (χ3v) is 0.682. The minimum absolute atomic E-state index is 0.200. The second kappa shape index (κ2) is 4.13. The molecule has 0 bridgehead atoms. The molecule has 0 aliphatic rings. The van der Waals surface area contributed by atoms with Gasteiger partial charge in [0.1, 0.15) is 0 Å². The molecule has 0 aliphatic carbocycles. The Morgan fingerprint density at radius 2 is 2.14 bits per heavy atom. The zero-order valence-corrected chi connectivity index (χ0v) is 4.94. The first-order valence-electron chi connectivity index (χ1n) is 2.49. The summed E-state index contributed by atoms with van der Waals surface area (Å²) in [6, 6.07) is 0. The average Bonchev–Trinajstić information content (AvgIpc) is 1.61. The molecule has 0 spiro atoms. The third-order valence-electron chi connectivity index (χ3n) is 0.682. The van der Waals surface area contributed by atoms with Crippen molar-refractivity contribution in [1.82, 2.24) is 0 Å². The Morgan fingerprint density at radius 3 is 2.29 bits per heavy atom. The normalized spacial score (nSPS) is 10.3. The Bertz CT molecular complexity index is 33.2. The lowest BCUT2D eigenvalue weighted by Gasteiger charge is -1.97. The van der Waals surface area contributed by atoms with E-state index in [0.717, 1.165) is 6.42 Å². The van der Waals surface area contributed by atoms with E-state index in [0.29, 0.717) is 0 Å². The van der Waals surface area contributed by atoms with Crippen molar-refractivity contribution in [3.05, 3.63) is 12.3 Å². The molecule has 0 rings (SSSR count). The van der Waals surface area contributed by atoms with Crippen molar-refractivity contribution in [2.45, 2.75) is 20.3 Å². The molecular formula is C6H12O. The molecule has 0 saturated heterocycles. The number of rotatable bonds is 3. The topological polar surface area (TPSA) is 20.2 Å². The van der Waals surface area contributed by atoms with Gasteiger partial charge in [0, 0.05) is 6.61 Å². The second-order valence-corrected chi connectivity index (χ2v) is 1.88. The smallest absolute Gasteiger partial charge is 0.0462 e. The maximum atomic E-state index is 8.25. The third kappa shape index (κ3) is 5.96. The van der Waals surface area contributed by atoms with Crippen LogP contribution in [0.4, 0.5) is 0 Å². The molecule has 0 aromatic rings. The summed E-state index contributed by atoms with van der Waals surface area (Å²) in [7, 11) is 0. The van der Waals surface area contributed by atoms with E-state index in [9.17, 15) is 0 Å². The van der Waals surface area contributed by atoms with Crippen LogP contribution in [0.3, 0.4) is 0 Å². The van der Waals surface area contributed by atoms with Gasteiger partial charge in [-0.25, -0.2) is 0 Å². The molecule has 0 aromatic heterocycles. The van der Waals surface area contributed by atoms with Crippen LogP contribution in [0.1, 0.15) is 20.3 Å². The molecule has 0 aromatic carbocycles. The maximum Gasteiger partial charge on any atom is 0.0462 e. The van der Waals surface area contributed by atoms with Crippen molar-refractivity contribution in [1.29, 1.82) is 0 Å². The number of aliphatic hydroxyl groups excluding tert-OH is 1. The van der Waals surface area contributed by atoms with E-state index in [1.165, 1.54) is 5.92 Å². The molecule has 7 heavy (non-hydrogen) atoms. The van der Waals surface area contributed by atoms with Gasteiger partial charge in [0.2, 0.25) is 0 Å². The molecule has 0 heterocycles. The molecule has 0 unspecified atom stereocenters. The summed E-state index contributed by atoms with van der Waals surface area (Å²) in [4.78, 5) is 0. The molecule has 0 atom stereocenters. The predicted octanol–water partition coefficient (Wildman–Crippen LogP) is 1.19. The first kappa shape index (κ1) is 6.96. The lowest BCUT2D eigenvalue weighted by atomic mass is 10.1. The van der Waals surface area contributed by atoms with E-state index in [-0.39, 0.29) is 6.61 Å². The van der Waals surface area contributed by atoms with Gasteiger partial charge in [-0.05, 0) is 18.8 Å². The lowest BCUT2D eigenvalue weighted by molar-refractivity contribution is 0.324. The molecule has 0 amide bonds.